The van der Waals surface area contributed by atoms with Gasteiger partial charge in [0, 0.05) is 11.6 Å². The number of benzene rings is 4. The summed E-state index contributed by atoms with van der Waals surface area (Å²) < 4.78 is 36.7. The Kier molecular flexibility index (Phi) is 8.45. The Balaban J connectivity index is 1.38. The summed E-state index contributed by atoms with van der Waals surface area (Å²) in [6.07, 6.45) is 0. The lowest BCUT2D eigenvalue weighted by Crippen LogP contribution is -2.13. The third-order valence-corrected chi connectivity index (χ3v) is 6.44. The summed E-state index contributed by atoms with van der Waals surface area (Å²) in [6.45, 7) is 0. The van der Waals surface area contributed by atoms with Crippen LogP contribution in [0.4, 0.5) is 28.4 Å². The van der Waals surface area contributed by atoms with Gasteiger partial charge in [0.15, 0.2) is 0 Å². The van der Waals surface area contributed by atoms with E-state index in [-0.39, 0.29) is 16.2 Å². The van der Waals surface area contributed by atoms with E-state index in [0.717, 1.165) is 0 Å². The van der Waals surface area contributed by atoms with Crippen LogP contribution < -0.4 is 20.9 Å². The molecule has 0 aromatic heterocycles. The number of hydrazine groups is 1. The molecular weight excluding hydrogens is 554 g/mol. The highest BCUT2D eigenvalue weighted by Gasteiger charge is 2.13. The third kappa shape index (κ3) is 7.35. The molecule has 14 heteroatoms. The summed E-state index contributed by atoms with van der Waals surface area (Å²) >= 11 is 0. The molecule has 0 atom stereocenters. The number of hydrogen-bond donors (Lipinski definition) is 6. The zero-order valence-corrected chi connectivity index (χ0v) is 22.1. The van der Waals surface area contributed by atoms with Gasteiger partial charge < -0.3 is 31.1 Å². The van der Waals surface area contributed by atoms with Crippen LogP contribution in [0.15, 0.2) is 100 Å². The summed E-state index contributed by atoms with van der Waals surface area (Å²) in [7, 11) is -2.87. The van der Waals surface area contributed by atoms with Crippen LogP contribution in [0, 0.1) is 0 Å². The standard InChI is InChI=1S/C27H23N5O8S/c1-40-25-15-20(32-30-18-6-10-21(11-7-18)41(37,38)39)8-12-23(25)28-26(34)16-2-4-17(5-3-16)29-31-19-9-13-24(33)22(14-19)27(35)36/h2-15,29,31,33H,1H3,(H,28,34)(H,35,36)(H,37,38,39). The molecule has 0 aliphatic heterocycles. The maximum absolute atomic E-state index is 12.8. The smallest absolute Gasteiger partial charge is 0.339 e. The minimum Gasteiger partial charge on any atom is -0.507 e. The number of aromatic hydroxyl groups is 1. The lowest BCUT2D eigenvalue weighted by molar-refractivity contribution is 0.0693. The Morgan fingerprint density at radius 1 is 0.805 bits per heavy atom. The van der Waals surface area contributed by atoms with Crippen LogP contribution in [0.5, 0.6) is 11.5 Å². The van der Waals surface area contributed by atoms with Gasteiger partial charge in [0.1, 0.15) is 17.1 Å². The van der Waals surface area contributed by atoms with Crippen LogP contribution in [0.25, 0.3) is 0 Å². The first kappa shape index (κ1) is 28.5. The fourth-order valence-electron chi connectivity index (χ4n) is 3.47. The summed E-state index contributed by atoms with van der Waals surface area (Å²) in [5.41, 5.74) is 7.97. The molecule has 6 N–H and O–H groups in total. The largest absolute Gasteiger partial charge is 0.507 e. The molecule has 210 valence electrons. The Morgan fingerprint density at radius 3 is 2.05 bits per heavy atom. The van der Waals surface area contributed by atoms with Gasteiger partial charge in [-0.05, 0) is 78.9 Å². The van der Waals surface area contributed by atoms with E-state index < -0.39 is 22.0 Å². The molecule has 0 fully saturated rings. The molecule has 0 bridgehead atoms. The maximum Gasteiger partial charge on any atom is 0.339 e. The highest BCUT2D eigenvalue weighted by atomic mass is 32.2. The number of carbonyl (C=O) groups is 2. The minimum absolute atomic E-state index is 0.247. The van der Waals surface area contributed by atoms with Gasteiger partial charge >= 0.3 is 5.97 Å². The molecule has 4 aromatic carbocycles. The van der Waals surface area contributed by atoms with Crippen molar-refractivity contribution >= 4 is 50.4 Å². The molecule has 0 unspecified atom stereocenters. The lowest BCUT2D eigenvalue weighted by atomic mass is 10.1. The first-order valence-corrected chi connectivity index (χ1v) is 13.1. The first-order chi connectivity index (χ1) is 19.5. The van der Waals surface area contributed by atoms with Gasteiger partial charge in [-0.2, -0.15) is 18.6 Å². The Morgan fingerprint density at radius 2 is 1.41 bits per heavy atom. The number of nitrogens with zero attached hydrogens (tertiary/aromatic N) is 2. The van der Waals surface area contributed by atoms with Gasteiger partial charge in [0.25, 0.3) is 16.0 Å². The number of aromatic carboxylic acids is 1. The summed E-state index contributed by atoms with van der Waals surface area (Å²) in [6, 6.07) is 20.4. The molecule has 0 saturated heterocycles. The monoisotopic (exact) mass is 577 g/mol. The van der Waals surface area contributed by atoms with Crippen LogP contribution in [-0.2, 0) is 10.1 Å². The fourth-order valence-corrected chi connectivity index (χ4v) is 3.95. The molecule has 0 saturated carbocycles. The van der Waals surface area contributed by atoms with E-state index in [1.807, 2.05) is 0 Å². The zero-order valence-electron chi connectivity index (χ0n) is 21.3. The number of azo groups is 1. The first-order valence-electron chi connectivity index (χ1n) is 11.7. The quantitative estimate of drug-likeness (QED) is 0.0609. The van der Waals surface area contributed by atoms with Crippen molar-refractivity contribution in [3.05, 3.63) is 96.1 Å². The average molecular weight is 578 g/mol. The van der Waals surface area contributed by atoms with E-state index in [4.69, 9.17) is 14.4 Å². The summed E-state index contributed by atoms with van der Waals surface area (Å²) in [5.74, 6) is -1.68. The van der Waals surface area contributed by atoms with Crippen molar-refractivity contribution in [2.75, 3.05) is 23.3 Å². The topological polar surface area (TPSA) is 199 Å². The van der Waals surface area contributed by atoms with E-state index in [9.17, 15) is 23.1 Å². The van der Waals surface area contributed by atoms with Crippen molar-refractivity contribution in [2.24, 2.45) is 10.2 Å². The summed E-state index contributed by atoms with van der Waals surface area (Å²) in [5, 5.41) is 29.6. The number of carbonyl (C=O) groups excluding carboxylic acids is 1. The number of carboxylic acid groups (broad SMARTS) is 1. The number of hydrogen-bond acceptors (Lipinski definition) is 10. The van der Waals surface area contributed by atoms with Crippen molar-refractivity contribution in [3.63, 3.8) is 0 Å². The number of nitrogens with one attached hydrogen (secondary N) is 3. The average Bonchev–Trinajstić information content (AvgIpc) is 2.96. The molecule has 4 aromatic rings. The van der Waals surface area contributed by atoms with Gasteiger partial charge in [0.05, 0.1) is 40.4 Å². The van der Waals surface area contributed by atoms with E-state index in [1.54, 1.807) is 42.5 Å². The van der Waals surface area contributed by atoms with Crippen LogP contribution in [0.3, 0.4) is 0 Å². The Labute approximate surface area is 233 Å². The van der Waals surface area contributed by atoms with Crippen LogP contribution in [-0.4, -0.2) is 42.2 Å². The fraction of sp³-hybridized carbons (Fsp3) is 0.0370. The number of ether oxygens (including phenoxy) is 1. The highest BCUT2D eigenvalue weighted by Crippen LogP contribution is 2.31. The van der Waals surface area contributed by atoms with Crippen LogP contribution in [0.2, 0.25) is 0 Å². The van der Waals surface area contributed by atoms with E-state index in [0.29, 0.717) is 39.7 Å². The predicted octanol–water partition coefficient (Wildman–Crippen LogP) is 5.45. The molecule has 0 aliphatic carbocycles. The molecule has 0 aliphatic rings. The number of phenols is 1. The van der Waals surface area contributed by atoms with Gasteiger partial charge in [-0.15, -0.1) is 0 Å². The number of carboxylic acids is 1. The number of amides is 1. The van der Waals surface area contributed by atoms with E-state index in [2.05, 4.69) is 26.4 Å². The van der Waals surface area contributed by atoms with Gasteiger partial charge in [-0.25, -0.2) is 4.79 Å². The number of rotatable bonds is 10. The second kappa shape index (κ2) is 12.1. The van der Waals surface area contributed by atoms with Crippen LogP contribution in [0.1, 0.15) is 20.7 Å². The van der Waals surface area contributed by atoms with Crippen molar-refractivity contribution in [2.45, 2.75) is 4.90 Å². The molecule has 0 radical (unpaired) electrons. The third-order valence-electron chi connectivity index (χ3n) is 5.57. The van der Waals surface area contributed by atoms with Crippen LogP contribution >= 0.6 is 0 Å². The highest BCUT2D eigenvalue weighted by molar-refractivity contribution is 7.85. The summed E-state index contributed by atoms with van der Waals surface area (Å²) in [4.78, 5) is 23.7. The van der Waals surface area contributed by atoms with E-state index in [1.165, 1.54) is 49.6 Å². The molecule has 13 nitrogen and oxygen atoms in total. The molecule has 0 spiro atoms. The van der Waals surface area contributed by atoms with Gasteiger partial charge in [-0.1, -0.05) is 0 Å². The molecule has 4 rings (SSSR count). The minimum atomic E-state index is -4.30. The number of anilines is 3. The van der Waals surface area contributed by atoms with Crippen molar-refractivity contribution in [1.29, 1.82) is 0 Å². The Hall–Kier alpha value is -5.47. The van der Waals surface area contributed by atoms with Gasteiger partial charge in [0.2, 0.25) is 0 Å². The molecular formula is C27H23N5O8S. The predicted molar refractivity (Wildman–Crippen MR) is 150 cm³/mol. The van der Waals surface area contributed by atoms with Crippen molar-refractivity contribution in [3.8, 4) is 11.5 Å². The maximum atomic E-state index is 12.8. The van der Waals surface area contributed by atoms with Crippen molar-refractivity contribution < 1.29 is 37.5 Å². The lowest BCUT2D eigenvalue weighted by Gasteiger charge is -2.12. The van der Waals surface area contributed by atoms with E-state index >= 15 is 0 Å². The molecule has 41 heavy (non-hydrogen) atoms. The SMILES string of the molecule is COc1cc(N=Nc2ccc(S(=O)(=O)O)cc2)ccc1NC(=O)c1ccc(NNc2ccc(O)c(C(=O)O)c2)cc1. The second-order valence-electron chi connectivity index (χ2n) is 8.37. The Bertz CT molecular complexity index is 1720. The molecule has 0 heterocycles. The normalized spacial score (nSPS) is 11.2. The van der Waals surface area contributed by atoms with Gasteiger partial charge in [-0.3, -0.25) is 9.35 Å². The number of methoxy groups -OCH3 is 1. The second-order valence-corrected chi connectivity index (χ2v) is 9.79. The molecule has 1 amide bonds. The zero-order chi connectivity index (χ0) is 29.6. The van der Waals surface area contributed by atoms with Crippen molar-refractivity contribution in [1.82, 2.24) is 0 Å².